The molecular formula is C8H15N2O2+. The molecule has 0 bridgehead atoms. The highest BCUT2D eigenvalue weighted by molar-refractivity contribution is 5.68. The van der Waals surface area contributed by atoms with Crippen LogP contribution in [0.25, 0.3) is 0 Å². The Morgan fingerprint density at radius 3 is 3.08 bits per heavy atom. The van der Waals surface area contributed by atoms with Crippen LogP contribution in [0, 0.1) is 0 Å². The number of nitrogens with zero attached hydrogens (tertiary/aromatic N) is 2. The summed E-state index contributed by atoms with van der Waals surface area (Å²) >= 11 is 0. The van der Waals surface area contributed by atoms with E-state index in [1.807, 2.05) is 10.9 Å². The lowest BCUT2D eigenvalue weighted by Gasteiger charge is -2.01. The number of aliphatic carboxylic acids is 1. The van der Waals surface area contributed by atoms with Crippen molar-refractivity contribution in [2.45, 2.75) is 13.3 Å². The summed E-state index contributed by atoms with van der Waals surface area (Å²) in [7, 11) is 0. The van der Waals surface area contributed by atoms with Crippen LogP contribution >= 0.6 is 0 Å². The molecule has 0 saturated carbocycles. The molecule has 4 heteroatoms. The zero-order valence-corrected chi connectivity index (χ0v) is 7.36. The van der Waals surface area contributed by atoms with E-state index in [1.54, 1.807) is 0 Å². The van der Waals surface area contributed by atoms with E-state index in [1.165, 1.54) is 0 Å². The third-order valence-electron chi connectivity index (χ3n) is 1.85. The number of carbonyl (C=O) groups is 1. The molecule has 0 fully saturated rings. The summed E-state index contributed by atoms with van der Waals surface area (Å²) in [5, 5.41) is 8.51. The molecule has 0 unspecified atom stereocenters. The van der Waals surface area contributed by atoms with Gasteiger partial charge in [0.05, 0.1) is 6.54 Å². The molecule has 1 N–H and O–H groups in total. The standard InChI is InChI=1S/C8H14N2O2/c1-2-3-9-4-5-10(7-9)6-8(11)12/h7H,2-6H2,1H3/p+1. The average molecular weight is 171 g/mol. The molecule has 0 radical (unpaired) electrons. The van der Waals surface area contributed by atoms with Gasteiger partial charge in [0.15, 0.2) is 6.54 Å². The van der Waals surface area contributed by atoms with Crippen LogP contribution in [0.3, 0.4) is 0 Å². The van der Waals surface area contributed by atoms with Crippen molar-refractivity contribution in [3.05, 3.63) is 0 Å². The van der Waals surface area contributed by atoms with Crippen molar-refractivity contribution in [1.29, 1.82) is 0 Å². The largest absolute Gasteiger partial charge is 0.478 e. The topological polar surface area (TPSA) is 43.5 Å². The number of carboxylic acids is 1. The van der Waals surface area contributed by atoms with Crippen LogP contribution in [0.4, 0.5) is 0 Å². The lowest BCUT2D eigenvalue weighted by atomic mass is 10.4. The molecule has 12 heavy (non-hydrogen) atoms. The predicted octanol–water partition coefficient (Wildman–Crippen LogP) is -0.163. The van der Waals surface area contributed by atoms with Gasteiger partial charge in [0.1, 0.15) is 13.1 Å². The normalized spacial score (nSPS) is 16.4. The number of hydrogen-bond acceptors (Lipinski definition) is 2. The van der Waals surface area contributed by atoms with Gasteiger partial charge in [0.25, 0.3) is 0 Å². The molecule has 0 aromatic rings. The minimum absolute atomic E-state index is 0.125. The van der Waals surface area contributed by atoms with Crippen molar-refractivity contribution >= 4 is 12.3 Å². The quantitative estimate of drug-likeness (QED) is 0.598. The van der Waals surface area contributed by atoms with E-state index >= 15 is 0 Å². The van der Waals surface area contributed by atoms with Crippen LogP contribution in [0.1, 0.15) is 13.3 Å². The van der Waals surface area contributed by atoms with E-state index in [-0.39, 0.29) is 6.54 Å². The summed E-state index contributed by atoms with van der Waals surface area (Å²) in [6.07, 6.45) is 3.02. The zero-order chi connectivity index (χ0) is 8.97. The van der Waals surface area contributed by atoms with Gasteiger partial charge in [-0.3, -0.25) is 9.48 Å². The third-order valence-corrected chi connectivity index (χ3v) is 1.85. The molecule has 1 rings (SSSR count). The van der Waals surface area contributed by atoms with Crippen LogP contribution in [0.5, 0.6) is 0 Å². The van der Waals surface area contributed by atoms with Gasteiger partial charge in [-0.2, -0.15) is 0 Å². The lowest BCUT2D eigenvalue weighted by molar-refractivity contribution is -0.504. The van der Waals surface area contributed by atoms with Crippen LogP contribution in [0.15, 0.2) is 0 Å². The number of carboxylic acid groups (broad SMARTS) is 1. The molecule has 0 amide bonds. The summed E-state index contributed by atoms with van der Waals surface area (Å²) in [5.41, 5.74) is 0. The fourth-order valence-corrected chi connectivity index (χ4v) is 1.35. The third kappa shape index (κ3) is 2.53. The minimum atomic E-state index is -0.760. The van der Waals surface area contributed by atoms with Gasteiger partial charge in [-0.15, -0.1) is 0 Å². The molecule has 0 aliphatic carbocycles. The van der Waals surface area contributed by atoms with Gasteiger partial charge < -0.3 is 5.11 Å². The Morgan fingerprint density at radius 1 is 1.75 bits per heavy atom. The molecule has 1 aliphatic rings. The Hall–Kier alpha value is -1.06. The Kier molecular flexibility index (Phi) is 3.08. The van der Waals surface area contributed by atoms with Crippen molar-refractivity contribution in [3.8, 4) is 0 Å². The smallest absolute Gasteiger partial charge is 0.345 e. The van der Waals surface area contributed by atoms with Gasteiger partial charge in [-0.05, 0) is 6.42 Å². The molecule has 0 aromatic carbocycles. The molecule has 0 aromatic heterocycles. The average Bonchev–Trinajstić information content (AvgIpc) is 2.36. The Bertz CT molecular complexity index is 201. The first-order valence-electron chi connectivity index (χ1n) is 4.27. The molecule has 1 aliphatic heterocycles. The van der Waals surface area contributed by atoms with Crippen molar-refractivity contribution in [3.63, 3.8) is 0 Å². The number of hydrogen-bond donors (Lipinski definition) is 1. The zero-order valence-electron chi connectivity index (χ0n) is 7.36. The Labute approximate surface area is 72.1 Å². The van der Waals surface area contributed by atoms with Crippen LogP contribution < -0.4 is 0 Å². The van der Waals surface area contributed by atoms with Crippen molar-refractivity contribution < 1.29 is 14.5 Å². The van der Waals surface area contributed by atoms with Gasteiger partial charge in [-0.25, -0.2) is 4.79 Å². The first-order valence-corrected chi connectivity index (χ1v) is 4.27. The van der Waals surface area contributed by atoms with E-state index in [0.29, 0.717) is 0 Å². The summed E-state index contributed by atoms with van der Waals surface area (Å²) < 4.78 is 1.83. The van der Waals surface area contributed by atoms with Crippen LogP contribution in [0.2, 0.25) is 0 Å². The molecule has 1 heterocycles. The lowest BCUT2D eigenvalue weighted by Crippen LogP contribution is -2.20. The second-order valence-electron chi connectivity index (χ2n) is 3.02. The molecule has 4 nitrogen and oxygen atoms in total. The highest BCUT2D eigenvalue weighted by Crippen LogP contribution is 1.94. The van der Waals surface area contributed by atoms with E-state index in [9.17, 15) is 4.79 Å². The summed E-state index contributed by atoms with van der Waals surface area (Å²) in [6.45, 7) is 5.07. The second-order valence-corrected chi connectivity index (χ2v) is 3.02. The van der Waals surface area contributed by atoms with E-state index in [4.69, 9.17) is 5.11 Å². The summed E-state index contributed by atoms with van der Waals surface area (Å²) in [5.74, 6) is -0.760. The molecule has 0 saturated heterocycles. The molecule has 0 atom stereocenters. The number of rotatable bonds is 4. The van der Waals surface area contributed by atoms with Gasteiger partial charge in [-0.1, -0.05) is 6.92 Å². The predicted molar refractivity (Wildman–Crippen MR) is 45.6 cm³/mol. The molecule has 0 spiro atoms. The maximum absolute atomic E-state index is 10.3. The molecular weight excluding hydrogens is 156 g/mol. The van der Waals surface area contributed by atoms with Crippen molar-refractivity contribution in [2.24, 2.45) is 0 Å². The van der Waals surface area contributed by atoms with Crippen molar-refractivity contribution in [2.75, 3.05) is 26.2 Å². The van der Waals surface area contributed by atoms with E-state index in [2.05, 4.69) is 11.8 Å². The Balaban J connectivity index is 2.37. The molecule has 68 valence electrons. The first-order chi connectivity index (χ1) is 5.72. The maximum atomic E-state index is 10.3. The maximum Gasteiger partial charge on any atom is 0.345 e. The fourth-order valence-electron chi connectivity index (χ4n) is 1.35. The fraction of sp³-hybridized carbons (Fsp3) is 0.750. The van der Waals surface area contributed by atoms with Crippen LogP contribution in [-0.4, -0.2) is 53.1 Å². The SMILES string of the molecule is CCCN1C=[N+](CC(=O)O)CC1. The van der Waals surface area contributed by atoms with E-state index < -0.39 is 5.97 Å². The summed E-state index contributed by atoms with van der Waals surface area (Å²) in [6, 6.07) is 0. The summed E-state index contributed by atoms with van der Waals surface area (Å²) in [4.78, 5) is 12.5. The Morgan fingerprint density at radius 2 is 2.50 bits per heavy atom. The van der Waals surface area contributed by atoms with Gasteiger partial charge in [0.2, 0.25) is 6.34 Å². The van der Waals surface area contributed by atoms with Gasteiger partial charge in [0, 0.05) is 0 Å². The monoisotopic (exact) mass is 171 g/mol. The highest BCUT2D eigenvalue weighted by Gasteiger charge is 2.19. The minimum Gasteiger partial charge on any atom is -0.478 e. The second kappa shape index (κ2) is 4.09. The van der Waals surface area contributed by atoms with Crippen molar-refractivity contribution in [1.82, 2.24) is 4.90 Å². The van der Waals surface area contributed by atoms with Gasteiger partial charge >= 0.3 is 5.97 Å². The highest BCUT2D eigenvalue weighted by atomic mass is 16.4. The van der Waals surface area contributed by atoms with E-state index in [0.717, 1.165) is 26.1 Å². The van der Waals surface area contributed by atoms with Crippen LogP contribution in [-0.2, 0) is 4.79 Å². The first kappa shape index (κ1) is 9.03.